The molecule has 80 valence electrons. The van der Waals surface area contributed by atoms with Crippen molar-refractivity contribution in [2.45, 2.75) is 0 Å². The van der Waals surface area contributed by atoms with Crippen LogP contribution in [-0.2, 0) is 9.53 Å². The molecule has 1 rings (SSSR count). The minimum absolute atomic E-state index is 0.0982. The third kappa shape index (κ3) is 3.40. The van der Waals surface area contributed by atoms with Gasteiger partial charge in [0.1, 0.15) is 5.75 Å². The number of carbonyl (C=O) groups excluding carboxylic acids is 1. The molecule has 0 radical (unpaired) electrons. The van der Waals surface area contributed by atoms with E-state index in [1.54, 1.807) is 12.1 Å². The highest BCUT2D eigenvalue weighted by Crippen LogP contribution is 2.23. The molecule has 0 aromatic heterocycles. The minimum atomic E-state index is -0.409. The van der Waals surface area contributed by atoms with Crippen LogP contribution in [0, 0.1) is 0 Å². The molecule has 0 aliphatic rings. The Morgan fingerprint density at radius 1 is 1.60 bits per heavy atom. The van der Waals surface area contributed by atoms with Crippen LogP contribution in [0.3, 0.4) is 0 Å². The van der Waals surface area contributed by atoms with Crippen molar-refractivity contribution >= 4 is 28.0 Å². The molecule has 3 nitrogen and oxygen atoms in total. The number of methoxy groups -OCH3 is 1. The third-order valence-corrected chi connectivity index (χ3v) is 2.26. The van der Waals surface area contributed by atoms with Gasteiger partial charge in [0.15, 0.2) is 6.61 Å². The molecule has 0 saturated heterocycles. The molecule has 0 aliphatic carbocycles. The number of hydrogen-bond donors (Lipinski definition) is 0. The van der Waals surface area contributed by atoms with E-state index in [0.29, 0.717) is 5.75 Å². The summed E-state index contributed by atoms with van der Waals surface area (Å²) in [4.78, 5) is 10.9. The van der Waals surface area contributed by atoms with Gasteiger partial charge in [-0.15, -0.1) is 0 Å². The zero-order valence-electron chi connectivity index (χ0n) is 8.33. The summed E-state index contributed by atoms with van der Waals surface area (Å²) in [6.07, 6.45) is 1.66. The first-order valence-electron chi connectivity index (χ1n) is 4.29. The van der Waals surface area contributed by atoms with Crippen LogP contribution in [0.4, 0.5) is 0 Å². The van der Waals surface area contributed by atoms with Crippen LogP contribution >= 0.6 is 15.9 Å². The van der Waals surface area contributed by atoms with Gasteiger partial charge >= 0.3 is 5.97 Å². The second-order valence-electron chi connectivity index (χ2n) is 2.75. The Kier molecular flexibility index (Phi) is 4.37. The highest BCUT2D eigenvalue weighted by Gasteiger charge is 2.05. The molecule has 1 aromatic carbocycles. The van der Waals surface area contributed by atoms with Crippen LogP contribution in [-0.4, -0.2) is 19.7 Å². The van der Waals surface area contributed by atoms with Gasteiger partial charge in [-0.05, 0) is 18.2 Å². The SMILES string of the molecule is C=Cc1cc(Br)ccc1OCC(=O)OC. The minimum Gasteiger partial charge on any atom is -0.481 e. The largest absolute Gasteiger partial charge is 0.481 e. The maximum atomic E-state index is 10.9. The van der Waals surface area contributed by atoms with Gasteiger partial charge in [0.25, 0.3) is 0 Å². The molecule has 0 heterocycles. The molecular weight excluding hydrogens is 260 g/mol. The first-order valence-corrected chi connectivity index (χ1v) is 5.08. The number of ether oxygens (including phenoxy) is 2. The summed E-state index contributed by atoms with van der Waals surface area (Å²) in [5.74, 6) is 0.200. The van der Waals surface area contributed by atoms with Crippen molar-refractivity contribution in [2.75, 3.05) is 13.7 Å². The summed E-state index contributed by atoms with van der Waals surface area (Å²) in [6.45, 7) is 3.56. The fourth-order valence-electron chi connectivity index (χ4n) is 1.01. The van der Waals surface area contributed by atoms with Crippen LogP contribution in [0.5, 0.6) is 5.75 Å². The van der Waals surface area contributed by atoms with Crippen LogP contribution in [0.1, 0.15) is 5.56 Å². The molecule has 0 spiro atoms. The monoisotopic (exact) mass is 270 g/mol. The number of rotatable bonds is 4. The summed E-state index contributed by atoms with van der Waals surface area (Å²) < 4.78 is 10.7. The van der Waals surface area contributed by atoms with Gasteiger partial charge in [-0.2, -0.15) is 0 Å². The van der Waals surface area contributed by atoms with Gasteiger partial charge in [0, 0.05) is 10.0 Å². The molecular formula is C11H11BrO3. The Bertz CT molecular complexity index is 374. The lowest BCUT2D eigenvalue weighted by Crippen LogP contribution is -2.12. The molecule has 0 saturated carbocycles. The molecule has 0 bridgehead atoms. The molecule has 0 N–H and O–H groups in total. The van der Waals surface area contributed by atoms with Crippen LogP contribution < -0.4 is 4.74 Å². The predicted molar refractivity (Wildman–Crippen MR) is 61.7 cm³/mol. The van der Waals surface area contributed by atoms with E-state index in [2.05, 4.69) is 27.2 Å². The van der Waals surface area contributed by atoms with Crippen LogP contribution in [0.2, 0.25) is 0 Å². The van der Waals surface area contributed by atoms with Gasteiger partial charge in [0.05, 0.1) is 7.11 Å². The highest BCUT2D eigenvalue weighted by atomic mass is 79.9. The fourth-order valence-corrected chi connectivity index (χ4v) is 1.38. The highest BCUT2D eigenvalue weighted by molar-refractivity contribution is 9.10. The van der Waals surface area contributed by atoms with E-state index in [1.807, 2.05) is 12.1 Å². The smallest absolute Gasteiger partial charge is 0.343 e. The third-order valence-electron chi connectivity index (χ3n) is 1.76. The predicted octanol–water partition coefficient (Wildman–Crippen LogP) is 2.64. The van der Waals surface area contributed by atoms with E-state index in [0.717, 1.165) is 10.0 Å². The Labute approximate surface area is 96.8 Å². The Balaban J connectivity index is 2.76. The lowest BCUT2D eigenvalue weighted by Gasteiger charge is -2.08. The topological polar surface area (TPSA) is 35.5 Å². The molecule has 1 aromatic rings. The Morgan fingerprint density at radius 3 is 2.93 bits per heavy atom. The van der Waals surface area contributed by atoms with E-state index in [1.165, 1.54) is 7.11 Å². The molecule has 0 aliphatic heterocycles. The van der Waals surface area contributed by atoms with E-state index in [9.17, 15) is 4.79 Å². The first-order chi connectivity index (χ1) is 7.17. The summed E-state index contributed by atoms with van der Waals surface area (Å²) in [6, 6.07) is 5.46. The molecule has 0 fully saturated rings. The maximum absolute atomic E-state index is 10.9. The molecule has 0 atom stereocenters. The van der Waals surface area contributed by atoms with Gasteiger partial charge in [-0.1, -0.05) is 28.6 Å². The summed E-state index contributed by atoms with van der Waals surface area (Å²) >= 11 is 3.34. The normalized spacial score (nSPS) is 9.47. The van der Waals surface area contributed by atoms with Gasteiger partial charge in [-0.3, -0.25) is 0 Å². The zero-order chi connectivity index (χ0) is 11.3. The molecule has 0 amide bonds. The summed E-state index contributed by atoms with van der Waals surface area (Å²) in [5.41, 5.74) is 0.827. The second kappa shape index (κ2) is 5.56. The number of esters is 1. The number of halogens is 1. The van der Waals surface area contributed by atoms with Crippen molar-refractivity contribution in [3.63, 3.8) is 0 Å². The van der Waals surface area contributed by atoms with Gasteiger partial charge < -0.3 is 9.47 Å². The van der Waals surface area contributed by atoms with Crippen molar-refractivity contribution in [2.24, 2.45) is 0 Å². The Hall–Kier alpha value is -1.29. The maximum Gasteiger partial charge on any atom is 0.343 e. The van der Waals surface area contributed by atoms with Crippen molar-refractivity contribution in [3.05, 3.63) is 34.8 Å². The zero-order valence-corrected chi connectivity index (χ0v) is 9.91. The Morgan fingerprint density at radius 2 is 2.33 bits per heavy atom. The van der Waals surface area contributed by atoms with Crippen LogP contribution in [0.25, 0.3) is 6.08 Å². The number of carbonyl (C=O) groups is 1. The van der Waals surface area contributed by atoms with E-state index in [4.69, 9.17) is 4.74 Å². The first kappa shape index (κ1) is 11.8. The van der Waals surface area contributed by atoms with Gasteiger partial charge in [-0.25, -0.2) is 4.79 Å². The number of benzene rings is 1. The molecule has 4 heteroatoms. The molecule has 0 unspecified atom stereocenters. The van der Waals surface area contributed by atoms with Crippen LogP contribution in [0.15, 0.2) is 29.3 Å². The fraction of sp³-hybridized carbons (Fsp3) is 0.182. The standard InChI is InChI=1S/C11H11BrO3/c1-3-8-6-9(12)4-5-10(8)15-7-11(13)14-2/h3-6H,1,7H2,2H3. The second-order valence-corrected chi connectivity index (χ2v) is 3.67. The summed E-state index contributed by atoms with van der Waals surface area (Å²) in [7, 11) is 1.32. The van der Waals surface area contributed by atoms with Crippen molar-refractivity contribution in [1.82, 2.24) is 0 Å². The number of hydrogen-bond acceptors (Lipinski definition) is 3. The lowest BCUT2D eigenvalue weighted by atomic mass is 10.2. The molecule has 15 heavy (non-hydrogen) atoms. The average molecular weight is 271 g/mol. The van der Waals surface area contributed by atoms with E-state index >= 15 is 0 Å². The quantitative estimate of drug-likeness (QED) is 0.790. The lowest BCUT2D eigenvalue weighted by molar-refractivity contribution is -0.142. The van der Waals surface area contributed by atoms with Crippen molar-refractivity contribution < 1.29 is 14.3 Å². The van der Waals surface area contributed by atoms with Crippen molar-refractivity contribution in [3.8, 4) is 5.75 Å². The van der Waals surface area contributed by atoms with Gasteiger partial charge in [0.2, 0.25) is 0 Å². The summed E-state index contributed by atoms with van der Waals surface area (Å²) in [5, 5.41) is 0. The average Bonchev–Trinajstić information content (AvgIpc) is 2.26. The van der Waals surface area contributed by atoms with Crippen molar-refractivity contribution in [1.29, 1.82) is 0 Å². The van der Waals surface area contributed by atoms with E-state index < -0.39 is 5.97 Å². The van der Waals surface area contributed by atoms with E-state index in [-0.39, 0.29) is 6.61 Å².